The maximum atomic E-state index is 13.8. The number of carbonyl (C=O) groups excluding carboxylic acids is 5. The van der Waals surface area contributed by atoms with E-state index in [2.05, 4.69) is 40.4 Å². The average Bonchev–Trinajstić information content (AvgIpc) is 3.79. The van der Waals surface area contributed by atoms with Gasteiger partial charge in [0.1, 0.15) is 36.0 Å². The third kappa shape index (κ3) is 10.6. The molecule has 2 heterocycles. The summed E-state index contributed by atoms with van der Waals surface area (Å²) >= 11 is 0. The van der Waals surface area contributed by atoms with Crippen LogP contribution in [0.1, 0.15) is 71.4 Å². The van der Waals surface area contributed by atoms with Crippen molar-refractivity contribution in [3.63, 3.8) is 0 Å². The molecule has 5 N–H and O–H groups in total. The third-order valence-corrected chi connectivity index (χ3v) is 8.37. The number of ether oxygens (including phenoxy) is 1. The normalized spacial score (nSPS) is 23.7. The fraction of sp³-hybridized carbons (Fsp3) is 0.528. The van der Waals surface area contributed by atoms with Crippen LogP contribution < -0.4 is 31.3 Å². The summed E-state index contributed by atoms with van der Waals surface area (Å²) in [6, 6.07) is 13.5. The molecule has 2 bridgehead atoms. The highest BCUT2D eigenvalue weighted by molar-refractivity contribution is 5.99. The lowest BCUT2D eigenvalue weighted by Gasteiger charge is -2.27. The molecule has 47 heavy (non-hydrogen) atoms. The van der Waals surface area contributed by atoms with Gasteiger partial charge in [-0.25, -0.2) is 0 Å². The molecule has 2 aliphatic heterocycles. The summed E-state index contributed by atoms with van der Waals surface area (Å²) in [5.41, 5.74) is 0.483. The van der Waals surface area contributed by atoms with Gasteiger partial charge in [0.05, 0.1) is 6.04 Å². The molecule has 0 unspecified atom stereocenters. The number of hydrogen-bond donors (Lipinski definition) is 5. The van der Waals surface area contributed by atoms with Crippen LogP contribution in [0.5, 0.6) is 5.75 Å². The van der Waals surface area contributed by atoms with E-state index in [0.717, 1.165) is 11.1 Å². The summed E-state index contributed by atoms with van der Waals surface area (Å²) < 4.78 is 6.10. The first-order chi connectivity index (χ1) is 22.3. The summed E-state index contributed by atoms with van der Waals surface area (Å²) in [6.45, 7) is 9.71. The Morgan fingerprint density at radius 3 is 2.17 bits per heavy atom. The van der Waals surface area contributed by atoms with Crippen LogP contribution in [0.4, 0.5) is 0 Å². The number of benzene rings is 2. The van der Waals surface area contributed by atoms with E-state index in [4.69, 9.17) is 4.74 Å². The van der Waals surface area contributed by atoms with Crippen molar-refractivity contribution >= 4 is 29.5 Å². The molecule has 0 aromatic heterocycles. The number of rotatable bonds is 7. The number of carbonyl (C=O) groups is 5. The van der Waals surface area contributed by atoms with Crippen LogP contribution in [0, 0.1) is 11.8 Å². The van der Waals surface area contributed by atoms with E-state index >= 15 is 0 Å². The highest BCUT2D eigenvalue weighted by Crippen LogP contribution is 2.36. The zero-order valence-corrected chi connectivity index (χ0v) is 28.1. The van der Waals surface area contributed by atoms with Gasteiger partial charge in [0.15, 0.2) is 0 Å². The van der Waals surface area contributed by atoms with Crippen LogP contribution >= 0.6 is 0 Å². The predicted octanol–water partition coefficient (Wildman–Crippen LogP) is 2.56. The van der Waals surface area contributed by atoms with Gasteiger partial charge >= 0.3 is 0 Å². The molecule has 1 fully saturated rings. The smallest absolute Gasteiger partial charge is 0.246 e. The van der Waals surface area contributed by atoms with Crippen molar-refractivity contribution in [3.05, 3.63) is 65.7 Å². The van der Waals surface area contributed by atoms with E-state index in [1.165, 1.54) is 6.92 Å². The highest BCUT2D eigenvalue weighted by atomic mass is 16.5. The molecule has 0 saturated heterocycles. The Morgan fingerprint density at radius 1 is 0.872 bits per heavy atom. The van der Waals surface area contributed by atoms with Crippen LogP contribution in [-0.4, -0.2) is 65.8 Å². The molecule has 2 aromatic rings. The van der Waals surface area contributed by atoms with Crippen molar-refractivity contribution in [1.29, 1.82) is 0 Å². The molecule has 5 rings (SSSR count). The molecule has 5 amide bonds. The summed E-state index contributed by atoms with van der Waals surface area (Å²) in [5.74, 6) is -1.14. The first-order valence-electron chi connectivity index (χ1n) is 16.6. The molecule has 1 spiro atoms. The Bertz CT molecular complexity index is 1410. The molecule has 11 nitrogen and oxygen atoms in total. The van der Waals surface area contributed by atoms with Crippen molar-refractivity contribution in [2.45, 2.75) is 103 Å². The van der Waals surface area contributed by atoms with Gasteiger partial charge in [0.2, 0.25) is 29.5 Å². The van der Waals surface area contributed by atoms with Gasteiger partial charge in [-0.3, -0.25) is 24.0 Å². The van der Waals surface area contributed by atoms with E-state index in [9.17, 15) is 24.0 Å². The molecule has 1 saturated carbocycles. The fourth-order valence-corrected chi connectivity index (χ4v) is 5.64. The van der Waals surface area contributed by atoms with Gasteiger partial charge in [0.25, 0.3) is 0 Å². The van der Waals surface area contributed by atoms with Gasteiger partial charge in [0, 0.05) is 19.3 Å². The van der Waals surface area contributed by atoms with Crippen LogP contribution in [0.3, 0.4) is 0 Å². The molecule has 11 heteroatoms. The molecule has 2 aromatic carbocycles. The molecule has 4 atom stereocenters. The Morgan fingerprint density at radius 2 is 1.55 bits per heavy atom. The highest BCUT2D eigenvalue weighted by Gasteiger charge is 2.52. The van der Waals surface area contributed by atoms with Gasteiger partial charge < -0.3 is 31.3 Å². The van der Waals surface area contributed by atoms with E-state index < -0.39 is 41.4 Å². The van der Waals surface area contributed by atoms with Crippen LogP contribution in [0.15, 0.2) is 54.6 Å². The second kappa shape index (κ2) is 15.9. The topological polar surface area (TPSA) is 155 Å². The minimum Gasteiger partial charge on any atom is -0.491 e. The second-order valence-electron chi connectivity index (χ2n) is 13.7. The first-order valence-corrected chi connectivity index (χ1v) is 16.6. The second-order valence-corrected chi connectivity index (χ2v) is 13.7. The third-order valence-electron chi connectivity index (χ3n) is 8.37. The number of amides is 5. The van der Waals surface area contributed by atoms with E-state index in [0.29, 0.717) is 25.0 Å². The Balaban J connectivity index is 1.63. The molecule has 1 aliphatic carbocycles. The monoisotopic (exact) mass is 647 g/mol. The maximum Gasteiger partial charge on any atom is 0.246 e. The Labute approximate surface area is 277 Å². The summed E-state index contributed by atoms with van der Waals surface area (Å²) in [6.07, 6.45) is 2.17. The van der Waals surface area contributed by atoms with Gasteiger partial charge in [-0.2, -0.15) is 0 Å². The van der Waals surface area contributed by atoms with Crippen molar-refractivity contribution in [2.24, 2.45) is 11.8 Å². The SMILES string of the molecule is CC(C)CC(=O)N[C@H]1Cc2ccc(cc2)OC[C@H](CC(C)C)NC(=O)[C@@H](Cc2ccccc2)NC(=O)C2(CC2)NC(=O)[C@@H](C)NC1=O. The zero-order valence-electron chi connectivity index (χ0n) is 28.1. The molecular formula is C36H49N5O6. The average molecular weight is 648 g/mol. The van der Waals surface area contributed by atoms with E-state index in [1.54, 1.807) is 12.1 Å². The number of hydrogen-bond acceptors (Lipinski definition) is 6. The minimum atomic E-state index is -1.18. The number of nitrogens with one attached hydrogen (secondary N) is 5. The van der Waals surface area contributed by atoms with Crippen LogP contribution in [0.2, 0.25) is 0 Å². The predicted molar refractivity (Wildman–Crippen MR) is 178 cm³/mol. The van der Waals surface area contributed by atoms with Crippen molar-refractivity contribution in [1.82, 2.24) is 26.6 Å². The lowest BCUT2D eigenvalue weighted by molar-refractivity contribution is -0.135. The van der Waals surface area contributed by atoms with Crippen LogP contribution in [-0.2, 0) is 36.8 Å². The van der Waals surface area contributed by atoms with Gasteiger partial charge in [-0.15, -0.1) is 0 Å². The lowest BCUT2D eigenvalue weighted by atomic mass is 10.0. The first kappa shape index (κ1) is 35.4. The fourth-order valence-electron chi connectivity index (χ4n) is 5.64. The molecule has 3 aliphatic rings. The van der Waals surface area contributed by atoms with E-state index in [-0.39, 0.29) is 55.6 Å². The largest absolute Gasteiger partial charge is 0.491 e. The summed E-state index contributed by atoms with van der Waals surface area (Å²) in [4.78, 5) is 66.9. The molecule has 0 radical (unpaired) electrons. The van der Waals surface area contributed by atoms with Crippen LogP contribution in [0.25, 0.3) is 0 Å². The van der Waals surface area contributed by atoms with Gasteiger partial charge in [-0.1, -0.05) is 70.2 Å². The van der Waals surface area contributed by atoms with Crippen molar-refractivity contribution < 1.29 is 28.7 Å². The number of fused-ring (bicyclic) bond motifs is 15. The Kier molecular flexibility index (Phi) is 12.0. The minimum absolute atomic E-state index is 0.101. The standard InChI is InChI=1S/C36H49N5O6/c1-22(2)17-27-21-47-28-13-11-26(12-14-28)20-29(39-31(42)18-23(3)4)33(44)37-24(5)32(43)41-36(15-16-36)35(46)40-30(34(45)38-27)19-25-9-7-6-8-10-25/h6-14,22-24,27,29-30H,15-21H2,1-5H3,(H,37,44)(H,38,45)(H,39,42)(H,40,46)(H,41,43)/t24-,27+,29+,30-/m1/s1. The Hall–Kier alpha value is -4.41. The summed E-state index contributed by atoms with van der Waals surface area (Å²) in [5, 5.41) is 14.4. The van der Waals surface area contributed by atoms with Gasteiger partial charge in [-0.05, 0) is 61.3 Å². The molecular weight excluding hydrogens is 598 g/mol. The van der Waals surface area contributed by atoms with Crippen molar-refractivity contribution in [2.75, 3.05) is 6.61 Å². The zero-order chi connectivity index (χ0) is 34.1. The molecule has 254 valence electrons. The quantitative estimate of drug-likeness (QED) is 0.291. The van der Waals surface area contributed by atoms with Crippen molar-refractivity contribution in [3.8, 4) is 5.75 Å². The summed E-state index contributed by atoms with van der Waals surface area (Å²) in [7, 11) is 0. The maximum absolute atomic E-state index is 13.8. The van der Waals surface area contributed by atoms with E-state index in [1.807, 2.05) is 56.3 Å². The lowest BCUT2D eigenvalue weighted by Crippen LogP contribution is -2.59.